The van der Waals surface area contributed by atoms with Gasteiger partial charge in [-0.2, -0.15) is 0 Å². The van der Waals surface area contributed by atoms with Crippen LogP contribution in [0.3, 0.4) is 0 Å². The zero-order valence-electron chi connectivity index (χ0n) is 11.9. The van der Waals surface area contributed by atoms with Crippen LogP contribution in [0, 0.1) is 0 Å². The molecule has 1 saturated heterocycles. The third kappa shape index (κ3) is 3.23. The van der Waals surface area contributed by atoms with Crippen molar-refractivity contribution in [1.29, 1.82) is 0 Å². The van der Waals surface area contributed by atoms with Gasteiger partial charge in [0.2, 0.25) is 5.91 Å². The highest BCUT2D eigenvalue weighted by atomic mass is 16.5. The highest BCUT2D eigenvalue weighted by Crippen LogP contribution is 2.19. The van der Waals surface area contributed by atoms with Crippen LogP contribution in [0.5, 0.6) is 0 Å². The number of carbonyl (C=O) groups is 1. The molecule has 0 unspecified atom stereocenters. The van der Waals surface area contributed by atoms with Crippen molar-refractivity contribution in [2.75, 3.05) is 6.54 Å². The molecule has 1 aliphatic rings. The van der Waals surface area contributed by atoms with Gasteiger partial charge in [-0.3, -0.25) is 4.79 Å². The smallest absolute Gasteiger partial charge is 0.249 e. The first kappa shape index (κ1) is 14.0. The molecule has 4 nitrogen and oxygen atoms in total. The first-order valence-electron chi connectivity index (χ1n) is 7.37. The number of nitrogens with one attached hydrogen (secondary N) is 1. The van der Waals surface area contributed by atoms with Crippen molar-refractivity contribution in [3.05, 3.63) is 48.0 Å². The Balaban J connectivity index is 1.60. The maximum absolute atomic E-state index is 12.1. The fraction of sp³-hybridized carbons (Fsp3) is 0.353. The zero-order valence-corrected chi connectivity index (χ0v) is 11.9. The lowest BCUT2D eigenvalue weighted by Crippen LogP contribution is -2.35. The van der Waals surface area contributed by atoms with E-state index in [0.717, 1.165) is 18.4 Å². The van der Waals surface area contributed by atoms with Crippen molar-refractivity contribution in [2.45, 2.75) is 31.6 Å². The molecule has 0 aromatic heterocycles. The molecule has 2 atom stereocenters. The second kappa shape index (κ2) is 6.24. The maximum atomic E-state index is 12.1. The number of carbonyl (C=O) groups excluding carboxylic acids is 1. The van der Waals surface area contributed by atoms with Crippen LogP contribution in [-0.2, 0) is 16.1 Å². The highest BCUT2D eigenvalue weighted by molar-refractivity contribution is 5.83. The van der Waals surface area contributed by atoms with Crippen molar-refractivity contribution in [3.8, 4) is 0 Å². The Hall–Kier alpha value is -1.91. The van der Waals surface area contributed by atoms with E-state index in [4.69, 9.17) is 10.5 Å². The molecule has 0 saturated carbocycles. The fourth-order valence-corrected chi connectivity index (χ4v) is 2.72. The molecule has 1 aliphatic heterocycles. The first-order chi connectivity index (χ1) is 10.3. The third-order valence-corrected chi connectivity index (χ3v) is 3.94. The average Bonchev–Trinajstić information content (AvgIpc) is 3.01. The maximum Gasteiger partial charge on any atom is 0.249 e. The Morgan fingerprint density at radius 1 is 1.19 bits per heavy atom. The molecule has 0 aliphatic carbocycles. The van der Waals surface area contributed by atoms with Crippen LogP contribution in [-0.4, -0.2) is 24.7 Å². The minimum Gasteiger partial charge on any atom is -0.364 e. The van der Waals surface area contributed by atoms with Gasteiger partial charge in [-0.05, 0) is 35.2 Å². The predicted molar refractivity (Wildman–Crippen MR) is 82.7 cm³/mol. The van der Waals surface area contributed by atoms with Gasteiger partial charge in [0.25, 0.3) is 0 Å². The molecule has 1 fully saturated rings. The molecular weight excluding hydrogens is 264 g/mol. The van der Waals surface area contributed by atoms with Gasteiger partial charge >= 0.3 is 0 Å². The zero-order chi connectivity index (χ0) is 14.7. The third-order valence-electron chi connectivity index (χ3n) is 3.94. The second-order valence-corrected chi connectivity index (χ2v) is 5.46. The molecule has 1 amide bonds. The van der Waals surface area contributed by atoms with E-state index in [0.29, 0.717) is 13.1 Å². The van der Waals surface area contributed by atoms with E-state index in [-0.39, 0.29) is 18.1 Å². The van der Waals surface area contributed by atoms with Crippen LogP contribution in [0.4, 0.5) is 0 Å². The molecule has 2 aromatic carbocycles. The molecular formula is C17H20N2O2. The number of hydrogen-bond acceptors (Lipinski definition) is 3. The van der Waals surface area contributed by atoms with Crippen LogP contribution in [0.2, 0.25) is 0 Å². The topological polar surface area (TPSA) is 64.4 Å². The van der Waals surface area contributed by atoms with E-state index in [2.05, 4.69) is 29.6 Å². The van der Waals surface area contributed by atoms with Gasteiger partial charge in [0.15, 0.2) is 0 Å². The van der Waals surface area contributed by atoms with Crippen LogP contribution < -0.4 is 11.1 Å². The second-order valence-electron chi connectivity index (χ2n) is 5.46. The molecule has 4 heteroatoms. The molecule has 3 N–H and O–H groups in total. The molecule has 110 valence electrons. The van der Waals surface area contributed by atoms with Gasteiger partial charge in [-0.1, -0.05) is 36.4 Å². The highest BCUT2D eigenvalue weighted by Gasteiger charge is 2.29. The number of ether oxygens (including phenoxy) is 1. The van der Waals surface area contributed by atoms with Crippen molar-refractivity contribution in [3.63, 3.8) is 0 Å². The number of rotatable bonds is 4. The van der Waals surface area contributed by atoms with Gasteiger partial charge in [0, 0.05) is 13.1 Å². The lowest BCUT2D eigenvalue weighted by molar-refractivity contribution is -0.132. The molecule has 2 aromatic rings. The largest absolute Gasteiger partial charge is 0.364 e. The van der Waals surface area contributed by atoms with Gasteiger partial charge in [0.1, 0.15) is 6.10 Å². The summed E-state index contributed by atoms with van der Waals surface area (Å²) in [6, 6.07) is 14.4. The summed E-state index contributed by atoms with van der Waals surface area (Å²) in [4.78, 5) is 12.1. The minimum atomic E-state index is -0.348. The number of hydrogen-bond donors (Lipinski definition) is 2. The van der Waals surface area contributed by atoms with E-state index in [1.807, 2.05) is 18.2 Å². The Bertz CT molecular complexity index is 641. The summed E-state index contributed by atoms with van der Waals surface area (Å²) in [6.45, 7) is 1.01. The molecule has 0 bridgehead atoms. The molecule has 0 spiro atoms. The Kier molecular flexibility index (Phi) is 4.18. The minimum absolute atomic E-state index is 0.0291. The summed E-state index contributed by atoms with van der Waals surface area (Å²) in [5.41, 5.74) is 6.65. The number of fused-ring (bicyclic) bond motifs is 1. The van der Waals surface area contributed by atoms with Crippen LogP contribution in [0.15, 0.2) is 42.5 Å². The Morgan fingerprint density at radius 2 is 2.00 bits per heavy atom. The van der Waals surface area contributed by atoms with E-state index in [9.17, 15) is 4.79 Å². The van der Waals surface area contributed by atoms with E-state index >= 15 is 0 Å². The summed E-state index contributed by atoms with van der Waals surface area (Å²) in [5, 5.41) is 5.34. The standard InChI is InChI=1S/C17H20N2O2/c18-10-15-7-8-16(21-15)17(20)19-11-12-5-6-13-3-1-2-4-14(13)9-12/h1-6,9,15-16H,7-8,10-11,18H2,(H,19,20)/t15-,16+/m1/s1. The van der Waals surface area contributed by atoms with Crippen LogP contribution >= 0.6 is 0 Å². The summed E-state index contributed by atoms with van der Waals surface area (Å²) < 4.78 is 5.59. The molecule has 21 heavy (non-hydrogen) atoms. The summed E-state index contributed by atoms with van der Waals surface area (Å²) in [6.07, 6.45) is 1.30. The van der Waals surface area contributed by atoms with Gasteiger partial charge in [-0.15, -0.1) is 0 Å². The lowest BCUT2D eigenvalue weighted by Gasteiger charge is -2.13. The summed E-state index contributed by atoms with van der Waals surface area (Å²) in [5.74, 6) is -0.0425. The Labute approximate surface area is 124 Å². The monoisotopic (exact) mass is 284 g/mol. The number of nitrogens with two attached hydrogens (primary N) is 1. The molecule has 0 radical (unpaired) electrons. The summed E-state index contributed by atoms with van der Waals surface area (Å²) in [7, 11) is 0. The van der Waals surface area contributed by atoms with Gasteiger partial charge in [0.05, 0.1) is 6.10 Å². The first-order valence-corrected chi connectivity index (χ1v) is 7.37. The van der Waals surface area contributed by atoms with E-state index in [1.54, 1.807) is 0 Å². The van der Waals surface area contributed by atoms with Gasteiger partial charge in [-0.25, -0.2) is 0 Å². The van der Waals surface area contributed by atoms with Crippen molar-refractivity contribution < 1.29 is 9.53 Å². The number of benzene rings is 2. The van der Waals surface area contributed by atoms with Crippen molar-refractivity contribution >= 4 is 16.7 Å². The predicted octanol–water partition coefficient (Wildman–Crippen LogP) is 1.96. The molecule has 3 rings (SSSR count). The van der Waals surface area contributed by atoms with Crippen molar-refractivity contribution in [2.24, 2.45) is 5.73 Å². The SMILES string of the molecule is NC[C@H]1CC[C@@H](C(=O)NCc2ccc3ccccc3c2)O1. The average molecular weight is 284 g/mol. The van der Waals surface area contributed by atoms with Crippen LogP contribution in [0.25, 0.3) is 10.8 Å². The quantitative estimate of drug-likeness (QED) is 0.902. The Morgan fingerprint density at radius 3 is 2.76 bits per heavy atom. The fourth-order valence-electron chi connectivity index (χ4n) is 2.72. The normalized spacial score (nSPS) is 21.6. The van der Waals surface area contributed by atoms with E-state index < -0.39 is 0 Å². The lowest BCUT2D eigenvalue weighted by atomic mass is 10.1. The summed E-state index contributed by atoms with van der Waals surface area (Å²) >= 11 is 0. The van der Waals surface area contributed by atoms with Crippen molar-refractivity contribution in [1.82, 2.24) is 5.32 Å². The molecule has 1 heterocycles. The van der Waals surface area contributed by atoms with Crippen LogP contribution in [0.1, 0.15) is 18.4 Å². The van der Waals surface area contributed by atoms with E-state index in [1.165, 1.54) is 10.8 Å². The number of amides is 1. The van der Waals surface area contributed by atoms with Gasteiger partial charge < -0.3 is 15.8 Å².